The predicted molar refractivity (Wildman–Crippen MR) is 62.5 cm³/mol. The molecule has 0 radical (unpaired) electrons. The lowest BCUT2D eigenvalue weighted by Crippen LogP contribution is -1.98. The Morgan fingerprint density at radius 3 is 2.82 bits per heavy atom. The fourth-order valence-electron chi connectivity index (χ4n) is 1.56. The normalized spacial score (nSPS) is 10.8. The van der Waals surface area contributed by atoms with E-state index >= 15 is 0 Å². The van der Waals surface area contributed by atoms with Gasteiger partial charge < -0.3 is 0 Å². The van der Waals surface area contributed by atoms with Gasteiger partial charge in [0.1, 0.15) is 11.5 Å². The zero-order chi connectivity index (χ0) is 12.3. The molecule has 2 rings (SSSR count). The van der Waals surface area contributed by atoms with Gasteiger partial charge in [0.15, 0.2) is 5.82 Å². The molecule has 1 heterocycles. The Hall–Kier alpha value is -1.42. The van der Waals surface area contributed by atoms with Crippen molar-refractivity contribution in [3.05, 3.63) is 47.8 Å². The average Bonchev–Trinajstić information content (AvgIpc) is 2.75. The maximum absolute atomic E-state index is 13.5. The molecule has 2 nitrogen and oxygen atoms in total. The zero-order valence-corrected chi connectivity index (χ0v) is 9.79. The van der Waals surface area contributed by atoms with Crippen molar-refractivity contribution in [1.29, 1.82) is 0 Å². The van der Waals surface area contributed by atoms with Crippen molar-refractivity contribution in [2.24, 2.45) is 0 Å². The summed E-state index contributed by atoms with van der Waals surface area (Å²) in [7, 11) is 0. The van der Waals surface area contributed by atoms with E-state index in [2.05, 4.69) is 5.10 Å². The van der Waals surface area contributed by atoms with Gasteiger partial charge in [-0.05, 0) is 30.5 Å². The van der Waals surface area contributed by atoms with Crippen LogP contribution in [-0.4, -0.2) is 15.7 Å². The molecule has 0 amide bonds. The lowest BCUT2D eigenvalue weighted by Gasteiger charge is -2.02. The summed E-state index contributed by atoms with van der Waals surface area (Å²) >= 11 is 5.59. The third kappa shape index (κ3) is 2.82. The highest BCUT2D eigenvalue weighted by Gasteiger charge is 2.07. The van der Waals surface area contributed by atoms with Gasteiger partial charge in [-0.1, -0.05) is 0 Å². The summed E-state index contributed by atoms with van der Waals surface area (Å²) in [6.07, 6.45) is 5.03. The Labute approximate surface area is 103 Å². The van der Waals surface area contributed by atoms with Crippen LogP contribution in [0.15, 0.2) is 30.6 Å². The number of hydrogen-bond acceptors (Lipinski definition) is 1. The van der Waals surface area contributed by atoms with E-state index < -0.39 is 11.6 Å². The lowest BCUT2D eigenvalue weighted by molar-refractivity contribution is 0.573. The topological polar surface area (TPSA) is 17.8 Å². The number of rotatable bonds is 4. The third-order valence-electron chi connectivity index (χ3n) is 2.39. The van der Waals surface area contributed by atoms with Gasteiger partial charge in [-0.15, -0.1) is 11.6 Å². The smallest absolute Gasteiger partial charge is 0.151 e. The molecule has 0 atom stereocenters. The van der Waals surface area contributed by atoms with Gasteiger partial charge in [0.2, 0.25) is 0 Å². The van der Waals surface area contributed by atoms with Crippen LogP contribution in [0.25, 0.3) is 5.69 Å². The molecule has 2 aromatic rings. The number of benzene rings is 1. The van der Waals surface area contributed by atoms with E-state index in [1.54, 1.807) is 12.4 Å². The first-order chi connectivity index (χ1) is 8.20. The fourth-order valence-corrected chi connectivity index (χ4v) is 1.69. The summed E-state index contributed by atoms with van der Waals surface area (Å²) in [5.41, 5.74) is 1.22. The van der Waals surface area contributed by atoms with E-state index in [9.17, 15) is 8.78 Å². The monoisotopic (exact) mass is 256 g/mol. The molecule has 0 N–H and O–H groups in total. The molecule has 1 aromatic carbocycles. The molecule has 0 bridgehead atoms. The van der Waals surface area contributed by atoms with E-state index in [1.807, 2.05) is 0 Å². The Kier molecular flexibility index (Phi) is 3.74. The number of alkyl halides is 1. The maximum atomic E-state index is 13.5. The molecule has 0 aliphatic heterocycles. The third-order valence-corrected chi connectivity index (χ3v) is 2.66. The summed E-state index contributed by atoms with van der Waals surface area (Å²) in [6, 6.07) is 3.41. The molecule has 1 aromatic heterocycles. The second kappa shape index (κ2) is 5.27. The van der Waals surface area contributed by atoms with E-state index in [1.165, 1.54) is 16.8 Å². The molecule has 0 saturated heterocycles. The Bertz CT molecular complexity index is 511. The molecular formula is C12H11ClF2N2. The summed E-state index contributed by atoms with van der Waals surface area (Å²) < 4.78 is 27.6. The lowest BCUT2D eigenvalue weighted by atomic mass is 10.2. The highest BCUT2D eigenvalue weighted by Crippen LogP contribution is 2.15. The number of halogens is 3. The first-order valence-corrected chi connectivity index (χ1v) is 5.79. The summed E-state index contributed by atoms with van der Waals surface area (Å²) in [6.45, 7) is 0. The maximum Gasteiger partial charge on any atom is 0.151 e. The van der Waals surface area contributed by atoms with Crippen LogP contribution in [-0.2, 0) is 6.42 Å². The van der Waals surface area contributed by atoms with Crippen LogP contribution in [0, 0.1) is 11.6 Å². The molecule has 0 fully saturated rings. The first kappa shape index (κ1) is 12.0. The van der Waals surface area contributed by atoms with Crippen molar-refractivity contribution in [3.63, 3.8) is 0 Å². The Morgan fingerprint density at radius 2 is 2.12 bits per heavy atom. The van der Waals surface area contributed by atoms with Crippen LogP contribution in [0.4, 0.5) is 8.78 Å². The van der Waals surface area contributed by atoms with Crippen molar-refractivity contribution in [2.45, 2.75) is 12.8 Å². The predicted octanol–water partition coefficient (Wildman–Crippen LogP) is 3.32. The molecule has 0 spiro atoms. The minimum atomic E-state index is -0.628. The van der Waals surface area contributed by atoms with Crippen molar-refractivity contribution < 1.29 is 8.78 Å². The fraction of sp³-hybridized carbons (Fsp3) is 0.250. The summed E-state index contributed by atoms with van der Waals surface area (Å²) in [5, 5.41) is 4.04. The molecule has 0 aliphatic carbocycles. The second-order valence-corrected chi connectivity index (χ2v) is 4.06. The van der Waals surface area contributed by atoms with E-state index in [-0.39, 0.29) is 5.69 Å². The van der Waals surface area contributed by atoms with Crippen LogP contribution in [0.5, 0.6) is 0 Å². The molecule has 0 unspecified atom stereocenters. The quantitative estimate of drug-likeness (QED) is 0.768. The van der Waals surface area contributed by atoms with Crippen molar-refractivity contribution >= 4 is 11.6 Å². The summed E-state index contributed by atoms with van der Waals surface area (Å²) in [4.78, 5) is 0. The highest BCUT2D eigenvalue weighted by atomic mass is 35.5. The van der Waals surface area contributed by atoms with Gasteiger partial charge in [0.25, 0.3) is 0 Å². The molecule has 5 heteroatoms. The summed E-state index contributed by atoms with van der Waals surface area (Å²) in [5.74, 6) is -0.645. The first-order valence-electron chi connectivity index (χ1n) is 5.25. The largest absolute Gasteiger partial charge is 0.238 e. The number of aromatic nitrogens is 2. The van der Waals surface area contributed by atoms with E-state index in [0.29, 0.717) is 5.88 Å². The molecule has 17 heavy (non-hydrogen) atoms. The standard InChI is InChI=1S/C12H11ClF2N2/c13-5-1-2-9-7-16-17(8-9)12-4-3-10(14)6-11(12)15/h3-4,6-8H,1-2,5H2. The van der Waals surface area contributed by atoms with E-state index in [4.69, 9.17) is 11.6 Å². The van der Waals surface area contributed by atoms with Gasteiger partial charge in [0.05, 0.1) is 6.20 Å². The minimum Gasteiger partial charge on any atom is -0.238 e. The molecule has 0 saturated carbocycles. The molecule has 90 valence electrons. The highest BCUT2D eigenvalue weighted by molar-refractivity contribution is 6.17. The van der Waals surface area contributed by atoms with Crippen molar-refractivity contribution in [1.82, 2.24) is 9.78 Å². The van der Waals surface area contributed by atoms with Crippen LogP contribution >= 0.6 is 11.6 Å². The average molecular weight is 257 g/mol. The zero-order valence-electron chi connectivity index (χ0n) is 9.04. The second-order valence-electron chi connectivity index (χ2n) is 3.68. The number of aryl methyl sites for hydroxylation is 1. The van der Waals surface area contributed by atoms with Crippen LogP contribution in [0.2, 0.25) is 0 Å². The van der Waals surface area contributed by atoms with Gasteiger partial charge in [-0.2, -0.15) is 5.10 Å². The van der Waals surface area contributed by atoms with Crippen molar-refractivity contribution in [2.75, 3.05) is 5.88 Å². The minimum absolute atomic E-state index is 0.239. The number of hydrogen-bond donors (Lipinski definition) is 0. The van der Waals surface area contributed by atoms with Gasteiger partial charge in [-0.3, -0.25) is 0 Å². The van der Waals surface area contributed by atoms with E-state index in [0.717, 1.165) is 24.5 Å². The SMILES string of the molecule is Fc1ccc(-n2cc(CCCCl)cn2)c(F)c1. The molecule has 0 aliphatic rings. The number of nitrogens with zero attached hydrogens (tertiary/aromatic N) is 2. The Balaban J connectivity index is 2.24. The van der Waals surface area contributed by atoms with Gasteiger partial charge >= 0.3 is 0 Å². The van der Waals surface area contributed by atoms with Crippen molar-refractivity contribution in [3.8, 4) is 5.69 Å². The van der Waals surface area contributed by atoms with Crippen LogP contribution in [0.3, 0.4) is 0 Å². The van der Waals surface area contributed by atoms with Crippen LogP contribution < -0.4 is 0 Å². The van der Waals surface area contributed by atoms with Gasteiger partial charge in [0, 0.05) is 18.1 Å². The van der Waals surface area contributed by atoms with Crippen LogP contribution in [0.1, 0.15) is 12.0 Å². The Morgan fingerprint density at radius 1 is 1.29 bits per heavy atom. The van der Waals surface area contributed by atoms with Gasteiger partial charge in [-0.25, -0.2) is 13.5 Å². The molecular weight excluding hydrogens is 246 g/mol.